The number of anilines is 1. The summed E-state index contributed by atoms with van der Waals surface area (Å²) in [7, 11) is 0. The first-order valence-electron chi connectivity index (χ1n) is 9.02. The molecule has 1 aromatic carbocycles. The van der Waals surface area contributed by atoms with E-state index in [1.54, 1.807) is 18.4 Å². The van der Waals surface area contributed by atoms with E-state index in [1.807, 2.05) is 24.3 Å². The number of nitrogens with zero attached hydrogens (tertiary/aromatic N) is 1. The Hall–Kier alpha value is -2.60. The lowest BCUT2D eigenvalue weighted by Crippen LogP contribution is -2.37. The second-order valence-electron chi connectivity index (χ2n) is 6.63. The van der Waals surface area contributed by atoms with Crippen molar-refractivity contribution in [2.45, 2.75) is 32.2 Å². The third-order valence-corrected chi connectivity index (χ3v) is 4.58. The minimum Gasteiger partial charge on any atom is -0.468 e. The van der Waals surface area contributed by atoms with Gasteiger partial charge in [-0.15, -0.1) is 0 Å². The fraction of sp³-hybridized carbons (Fsp3) is 0.400. The molecule has 1 aliphatic rings. The van der Waals surface area contributed by atoms with Crippen LogP contribution in [-0.2, 0) is 16.0 Å². The fourth-order valence-corrected chi connectivity index (χ4v) is 3.31. The van der Waals surface area contributed by atoms with Crippen LogP contribution in [0.2, 0.25) is 0 Å². The first kappa shape index (κ1) is 18.2. The van der Waals surface area contributed by atoms with Crippen molar-refractivity contribution in [3.05, 3.63) is 54.0 Å². The van der Waals surface area contributed by atoms with Gasteiger partial charge in [0.15, 0.2) is 0 Å². The van der Waals surface area contributed by atoms with E-state index in [-0.39, 0.29) is 17.9 Å². The van der Waals surface area contributed by atoms with Crippen LogP contribution in [0.4, 0.5) is 5.69 Å². The molecule has 2 N–H and O–H groups in total. The van der Waals surface area contributed by atoms with Crippen LogP contribution in [0.3, 0.4) is 0 Å². The monoisotopic (exact) mass is 355 g/mol. The van der Waals surface area contributed by atoms with E-state index in [0.29, 0.717) is 13.0 Å². The Morgan fingerprint density at radius 3 is 2.50 bits per heavy atom. The number of hydrogen-bond donors (Lipinski definition) is 2. The summed E-state index contributed by atoms with van der Waals surface area (Å²) in [5.41, 5.74) is 1.64. The molecule has 138 valence electrons. The van der Waals surface area contributed by atoms with Gasteiger partial charge in [0.25, 0.3) is 0 Å². The molecule has 6 nitrogen and oxygen atoms in total. The van der Waals surface area contributed by atoms with Crippen LogP contribution in [0.15, 0.2) is 47.1 Å². The van der Waals surface area contributed by atoms with Gasteiger partial charge in [0, 0.05) is 19.2 Å². The van der Waals surface area contributed by atoms with Crippen LogP contribution in [0.5, 0.6) is 0 Å². The van der Waals surface area contributed by atoms with Crippen molar-refractivity contribution >= 4 is 17.5 Å². The summed E-state index contributed by atoms with van der Waals surface area (Å²) < 4.78 is 5.58. The van der Waals surface area contributed by atoms with Crippen molar-refractivity contribution in [1.29, 1.82) is 0 Å². The third-order valence-electron chi connectivity index (χ3n) is 4.58. The summed E-state index contributed by atoms with van der Waals surface area (Å²) in [6.45, 7) is 4.07. The Kier molecular flexibility index (Phi) is 6.07. The third kappa shape index (κ3) is 4.95. The van der Waals surface area contributed by atoms with E-state index >= 15 is 0 Å². The van der Waals surface area contributed by atoms with E-state index in [2.05, 4.69) is 15.5 Å². The van der Waals surface area contributed by atoms with Crippen LogP contribution in [-0.4, -0.2) is 36.3 Å². The van der Waals surface area contributed by atoms with Gasteiger partial charge in [-0.1, -0.05) is 12.1 Å². The van der Waals surface area contributed by atoms with Crippen molar-refractivity contribution in [3.8, 4) is 0 Å². The molecular weight excluding hydrogens is 330 g/mol. The summed E-state index contributed by atoms with van der Waals surface area (Å²) in [5, 5.41) is 5.75. The second kappa shape index (κ2) is 8.67. The average Bonchev–Trinajstić information content (AvgIpc) is 3.30. The summed E-state index contributed by atoms with van der Waals surface area (Å²) in [5.74, 6) is 0.765. The smallest absolute Gasteiger partial charge is 0.224 e. The van der Waals surface area contributed by atoms with Crippen molar-refractivity contribution in [2.24, 2.45) is 0 Å². The van der Waals surface area contributed by atoms with Crippen molar-refractivity contribution in [1.82, 2.24) is 10.2 Å². The zero-order valence-corrected chi connectivity index (χ0v) is 15.0. The highest BCUT2D eigenvalue weighted by Crippen LogP contribution is 2.24. The molecule has 1 aliphatic heterocycles. The van der Waals surface area contributed by atoms with E-state index in [4.69, 9.17) is 4.42 Å². The van der Waals surface area contributed by atoms with Crippen LogP contribution in [0.1, 0.15) is 37.1 Å². The zero-order valence-electron chi connectivity index (χ0n) is 15.0. The molecule has 26 heavy (non-hydrogen) atoms. The second-order valence-corrected chi connectivity index (χ2v) is 6.63. The molecule has 1 fully saturated rings. The standard InChI is InChI=1S/C20H25N3O3/c1-15(24)22-17-8-6-16(7-9-17)13-20(25)21-14-18(19-5-4-12-26-19)23-10-2-3-11-23/h4-9,12,18H,2-3,10-11,13-14H2,1H3,(H,21,25)(H,22,24). The topological polar surface area (TPSA) is 74.6 Å². The summed E-state index contributed by atoms with van der Waals surface area (Å²) in [6.07, 6.45) is 4.36. The lowest BCUT2D eigenvalue weighted by atomic mass is 10.1. The van der Waals surface area contributed by atoms with Crippen molar-refractivity contribution in [3.63, 3.8) is 0 Å². The fourth-order valence-electron chi connectivity index (χ4n) is 3.31. The first-order valence-corrected chi connectivity index (χ1v) is 9.02. The minimum atomic E-state index is -0.110. The Balaban J connectivity index is 1.54. The van der Waals surface area contributed by atoms with E-state index in [0.717, 1.165) is 30.1 Å². The Morgan fingerprint density at radius 1 is 1.15 bits per heavy atom. The van der Waals surface area contributed by atoms with Crippen LogP contribution in [0.25, 0.3) is 0 Å². The molecule has 1 saturated heterocycles. The maximum absolute atomic E-state index is 12.3. The van der Waals surface area contributed by atoms with Gasteiger partial charge in [-0.2, -0.15) is 0 Å². The van der Waals surface area contributed by atoms with Gasteiger partial charge < -0.3 is 15.1 Å². The highest BCUT2D eigenvalue weighted by molar-refractivity contribution is 5.88. The molecule has 6 heteroatoms. The number of amides is 2. The highest BCUT2D eigenvalue weighted by Gasteiger charge is 2.25. The molecule has 1 unspecified atom stereocenters. The molecule has 0 saturated carbocycles. The van der Waals surface area contributed by atoms with Crippen molar-refractivity contribution in [2.75, 3.05) is 25.0 Å². The van der Waals surface area contributed by atoms with Gasteiger partial charge >= 0.3 is 0 Å². The molecule has 1 aromatic heterocycles. The molecule has 0 radical (unpaired) electrons. The quantitative estimate of drug-likeness (QED) is 0.801. The lowest BCUT2D eigenvalue weighted by Gasteiger charge is -2.26. The van der Waals surface area contributed by atoms with Gasteiger partial charge in [-0.05, 0) is 55.8 Å². The highest BCUT2D eigenvalue weighted by atomic mass is 16.3. The number of benzene rings is 1. The number of nitrogens with one attached hydrogen (secondary N) is 2. The maximum Gasteiger partial charge on any atom is 0.224 e. The summed E-state index contributed by atoms with van der Waals surface area (Å²) >= 11 is 0. The van der Waals surface area contributed by atoms with Crippen LogP contribution < -0.4 is 10.6 Å². The predicted octanol–water partition coefficient (Wildman–Crippen LogP) is 2.73. The number of furan rings is 1. The molecule has 3 rings (SSSR count). The predicted molar refractivity (Wildman–Crippen MR) is 99.7 cm³/mol. The van der Waals surface area contributed by atoms with E-state index < -0.39 is 0 Å². The van der Waals surface area contributed by atoms with E-state index in [9.17, 15) is 9.59 Å². The van der Waals surface area contributed by atoms with Crippen molar-refractivity contribution < 1.29 is 14.0 Å². The number of carbonyl (C=O) groups excluding carboxylic acids is 2. The molecule has 1 atom stereocenters. The molecule has 2 aromatic rings. The van der Waals surface area contributed by atoms with Crippen LogP contribution >= 0.6 is 0 Å². The summed E-state index contributed by atoms with van der Waals surface area (Å²) in [6, 6.07) is 11.3. The Morgan fingerprint density at radius 2 is 1.88 bits per heavy atom. The number of carbonyl (C=O) groups is 2. The minimum absolute atomic E-state index is 0.0203. The SMILES string of the molecule is CC(=O)Nc1ccc(CC(=O)NCC(c2ccco2)N2CCCC2)cc1. The largest absolute Gasteiger partial charge is 0.468 e. The van der Waals surface area contributed by atoms with Crippen LogP contribution in [0, 0.1) is 0 Å². The maximum atomic E-state index is 12.3. The molecule has 2 heterocycles. The van der Waals surface area contributed by atoms with Gasteiger partial charge in [-0.25, -0.2) is 0 Å². The lowest BCUT2D eigenvalue weighted by molar-refractivity contribution is -0.120. The summed E-state index contributed by atoms with van der Waals surface area (Å²) in [4.78, 5) is 25.7. The molecule has 2 amide bonds. The number of hydrogen-bond acceptors (Lipinski definition) is 4. The first-order chi connectivity index (χ1) is 12.6. The zero-order chi connectivity index (χ0) is 18.4. The van der Waals surface area contributed by atoms with Gasteiger partial charge in [0.1, 0.15) is 5.76 Å². The van der Waals surface area contributed by atoms with E-state index in [1.165, 1.54) is 19.8 Å². The number of likely N-dealkylation sites (tertiary alicyclic amines) is 1. The van der Waals surface area contributed by atoms with Gasteiger partial charge in [-0.3, -0.25) is 14.5 Å². The molecule has 0 bridgehead atoms. The number of rotatable bonds is 7. The Bertz CT molecular complexity index is 719. The molecular formula is C20H25N3O3. The normalized spacial score (nSPS) is 15.6. The molecule has 0 aliphatic carbocycles. The average molecular weight is 355 g/mol. The molecule has 0 spiro atoms. The Labute approximate surface area is 153 Å². The van der Waals surface area contributed by atoms with Gasteiger partial charge in [0.2, 0.25) is 11.8 Å². The van der Waals surface area contributed by atoms with Gasteiger partial charge in [0.05, 0.1) is 18.7 Å².